The van der Waals surface area contributed by atoms with E-state index in [0.717, 1.165) is 16.2 Å². The quantitative estimate of drug-likeness (QED) is 0.850. The average Bonchev–Trinajstić information content (AvgIpc) is 2.48. The maximum Gasteiger partial charge on any atom is 0.137 e. The summed E-state index contributed by atoms with van der Waals surface area (Å²) in [5, 5.41) is 3.33. The fourth-order valence-corrected chi connectivity index (χ4v) is 2.83. The third-order valence-corrected chi connectivity index (χ3v) is 4.20. The van der Waals surface area contributed by atoms with Crippen molar-refractivity contribution in [3.05, 3.63) is 53.8 Å². The van der Waals surface area contributed by atoms with Crippen LogP contribution in [0.4, 0.5) is 4.39 Å². The highest BCUT2D eigenvalue weighted by Gasteiger charge is 2.10. The van der Waals surface area contributed by atoms with Crippen LogP contribution in [0.25, 0.3) is 0 Å². The largest absolute Gasteiger partial charge is 0.497 e. The van der Waals surface area contributed by atoms with Crippen LogP contribution in [0.3, 0.4) is 0 Å². The molecule has 0 bridgehead atoms. The number of benzene rings is 2. The van der Waals surface area contributed by atoms with E-state index in [1.54, 1.807) is 13.2 Å². The van der Waals surface area contributed by atoms with Crippen molar-refractivity contribution in [3.63, 3.8) is 0 Å². The Morgan fingerprint density at radius 1 is 1.14 bits per heavy atom. The predicted molar refractivity (Wildman–Crippen MR) is 85.5 cm³/mol. The molecule has 0 saturated heterocycles. The topological polar surface area (TPSA) is 21.3 Å². The summed E-state index contributed by atoms with van der Waals surface area (Å²) in [6, 6.07) is 13.2. The maximum atomic E-state index is 14.1. The molecule has 0 heterocycles. The van der Waals surface area contributed by atoms with Gasteiger partial charge in [-0.3, -0.25) is 0 Å². The number of ether oxygens (including phenoxy) is 1. The van der Waals surface area contributed by atoms with Gasteiger partial charge < -0.3 is 10.1 Å². The Balaban J connectivity index is 2.20. The van der Waals surface area contributed by atoms with Gasteiger partial charge in [-0.2, -0.15) is 0 Å². The molecule has 2 aromatic rings. The number of hydrogen-bond donors (Lipinski definition) is 1. The zero-order chi connectivity index (χ0) is 15.2. The van der Waals surface area contributed by atoms with Crippen LogP contribution in [-0.4, -0.2) is 13.2 Å². The molecule has 2 nitrogen and oxygen atoms in total. The highest BCUT2D eigenvalue weighted by Crippen LogP contribution is 2.33. The van der Waals surface area contributed by atoms with E-state index in [2.05, 4.69) is 19.2 Å². The van der Waals surface area contributed by atoms with Gasteiger partial charge in [0.2, 0.25) is 0 Å². The average molecular weight is 305 g/mol. The van der Waals surface area contributed by atoms with Crippen LogP contribution in [0, 0.1) is 5.82 Å². The monoisotopic (exact) mass is 305 g/mol. The number of methoxy groups -OCH3 is 1. The van der Waals surface area contributed by atoms with E-state index in [-0.39, 0.29) is 5.82 Å². The minimum Gasteiger partial charge on any atom is -0.497 e. The smallest absolute Gasteiger partial charge is 0.137 e. The van der Waals surface area contributed by atoms with Crippen molar-refractivity contribution in [2.24, 2.45) is 0 Å². The van der Waals surface area contributed by atoms with E-state index < -0.39 is 0 Å². The fraction of sp³-hybridized carbons (Fsp3) is 0.294. The van der Waals surface area contributed by atoms with Crippen LogP contribution in [0.5, 0.6) is 5.75 Å². The first-order valence-corrected chi connectivity index (χ1v) is 7.74. The molecule has 0 unspecified atom stereocenters. The highest BCUT2D eigenvalue weighted by molar-refractivity contribution is 7.99. The van der Waals surface area contributed by atoms with Crippen molar-refractivity contribution in [2.45, 2.75) is 36.2 Å². The van der Waals surface area contributed by atoms with E-state index in [9.17, 15) is 4.39 Å². The third kappa shape index (κ3) is 4.48. The lowest BCUT2D eigenvalue weighted by Crippen LogP contribution is -2.22. The number of nitrogens with one attached hydrogen (secondary N) is 1. The molecule has 2 rings (SSSR count). The first-order valence-electron chi connectivity index (χ1n) is 6.93. The number of rotatable bonds is 6. The molecule has 0 fully saturated rings. The predicted octanol–water partition coefficient (Wildman–Crippen LogP) is 4.48. The molecule has 1 N–H and O–H groups in total. The van der Waals surface area contributed by atoms with Crippen molar-refractivity contribution in [1.29, 1.82) is 0 Å². The highest BCUT2D eigenvalue weighted by atomic mass is 32.2. The van der Waals surface area contributed by atoms with Gasteiger partial charge in [0.25, 0.3) is 0 Å². The molecule has 0 aliphatic rings. The Hall–Kier alpha value is -1.52. The molecular formula is C17H20FNOS. The van der Waals surface area contributed by atoms with Gasteiger partial charge in [0.15, 0.2) is 0 Å². The third-order valence-electron chi connectivity index (χ3n) is 3.03. The van der Waals surface area contributed by atoms with Crippen LogP contribution in [0.1, 0.15) is 19.4 Å². The van der Waals surface area contributed by atoms with Gasteiger partial charge in [0.05, 0.1) is 12.0 Å². The first kappa shape index (κ1) is 15.9. The van der Waals surface area contributed by atoms with E-state index in [1.807, 2.05) is 30.3 Å². The van der Waals surface area contributed by atoms with Gasteiger partial charge in [0.1, 0.15) is 11.6 Å². The summed E-state index contributed by atoms with van der Waals surface area (Å²) < 4.78 is 19.3. The molecule has 0 aromatic heterocycles. The minimum atomic E-state index is -0.182. The Bertz CT molecular complexity index is 584. The number of hydrogen-bond acceptors (Lipinski definition) is 3. The van der Waals surface area contributed by atoms with Crippen molar-refractivity contribution >= 4 is 11.8 Å². The van der Waals surface area contributed by atoms with Gasteiger partial charge >= 0.3 is 0 Å². The van der Waals surface area contributed by atoms with Crippen LogP contribution < -0.4 is 10.1 Å². The van der Waals surface area contributed by atoms with Crippen LogP contribution in [0.15, 0.2) is 52.3 Å². The minimum absolute atomic E-state index is 0.182. The van der Waals surface area contributed by atoms with Crippen LogP contribution >= 0.6 is 11.8 Å². The van der Waals surface area contributed by atoms with E-state index in [0.29, 0.717) is 17.5 Å². The Kier molecular flexibility index (Phi) is 5.65. The fourth-order valence-electron chi connectivity index (χ4n) is 1.88. The van der Waals surface area contributed by atoms with E-state index in [1.165, 1.54) is 17.8 Å². The lowest BCUT2D eigenvalue weighted by Gasteiger charge is -2.13. The molecule has 0 radical (unpaired) electrons. The molecule has 21 heavy (non-hydrogen) atoms. The maximum absolute atomic E-state index is 14.1. The normalized spacial score (nSPS) is 10.9. The molecule has 0 saturated carbocycles. The van der Waals surface area contributed by atoms with Crippen molar-refractivity contribution in [2.75, 3.05) is 7.11 Å². The van der Waals surface area contributed by atoms with Crippen molar-refractivity contribution < 1.29 is 9.13 Å². The molecule has 0 atom stereocenters. The summed E-state index contributed by atoms with van der Waals surface area (Å²) >= 11 is 1.44. The lowest BCUT2D eigenvalue weighted by atomic mass is 10.2. The van der Waals surface area contributed by atoms with Gasteiger partial charge in [-0.15, -0.1) is 0 Å². The Labute approximate surface area is 129 Å². The summed E-state index contributed by atoms with van der Waals surface area (Å²) in [5.74, 6) is 0.619. The van der Waals surface area contributed by atoms with E-state index in [4.69, 9.17) is 4.74 Å². The SMILES string of the molecule is COc1ccc(Sc2c(F)cccc2CNC(C)C)cc1. The molecule has 0 aliphatic heterocycles. The molecule has 4 heteroatoms. The molecule has 0 aliphatic carbocycles. The molecule has 0 spiro atoms. The number of halogens is 1. The second kappa shape index (κ2) is 7.48. The zero-order valence-electron chi connectivity index (χ0n) is 12.5. The summed E-state index contributed by atoms with van der Waals surface area (Å²) in [6.07, 6.45) is 0. The van der Waals surface area contributed by atoms with E-state index >= 15 is 0 Å². The molecule has 112 valence electrons. The van der Waals surface area contributed by atoms with Crippen molar-refractivity contribution in [3.8, 4) is 5.75 Å². The van der Waals surface area contributed by atoms with Gasteiger partial charge in [0, 0.05) is 17.5 Å². The standard InChI is InChI=1S/C17H20FNOS/c1-12(2)19-11-13-5-4-6-16(18)17(13)21-15-9-7-14(20-3)8-10-15/h4-10,12,19H,11H2,1-3H3. The lowest BCUT2D eigenvalue weighted by molar-refractivity contribution is 0.414. The van der Waals surface area contributed by atoms with Crippen LogP contribution in [0.2, 0.25) is 0 Å². The summed E-state index contributed by atoms with van der Waals surface area (Å²) in [4.78, 5) is 1.67. The zero-order valence-corrected chi connectivity index (χ0v) is 13.3. The summed E-state index contributed by atoms with van der Waals surface area (Å²) in [6.45, 7) is 4.82. The van der Waals surface area contributed by atoms with Crippen molar-refractivity contribution in [1.82, 2.24) is 5.32 Å². The Morgan fingerprint density at radius 2 is 1.86 bits per heavy atom. The second-order valence-corrected chi connectivity index (χ2v) is 6.13. The van der Waals surface area contributed by atoms with Gasteiger partial charge in [-0.25, -0.2) is 4.39 Å². The van der Waals surface area contributed by atoms with Gasteiger partial charge in [-0.1, -0.05) is 37.7 Å². The van der Waals surface area contributed by atoms with Gasteiger partial charge in [-0.05, 0) is 35.9 Å². The molecule has 0 amide bonds. The Morgan fingerprint density at radius 3 is 2.48 bits per heavy atom. The van der Waals surface area contributed by atoms with Crippen LogP contribution in [-0.2, 0) is 6.54 Å². The molecule has 2 aromatic carbocycles. The second-order valence-electron chi connectivity index (χ2n) is 5.04. The first-order chi connectivity index (χ1) is 10.1. The molecular weight excluding hydrogens is 285 g/mol. The summed E-state index contributed by atoms with van der Waals surface area (Å²) in [7, 11) is 1.63. The summed E-state index contributed by atoms with van der Waals surface area (Å²) in [5.41, 5.74) is 0.976.